The van der Waals surface area contributed by atoms with Crippen molar-refractivity contribution in [3.8, 4) is 0 Å². The molecule has 2 aromatic rings. The van der Waals surface area contributed by atoms with Crippen LogP contribution in [0.4, 0.5) is 10.5 Å². The first-order valence-electron chi connectivity index (χ1n) is 8.82. The summed E-state index contributed by atoms with van der Waals surface area (Å²) in [5, 5.41) is 16.7. The van der Waals surface area contributed by atoms with E-state index in [2.05, 4.69) is 21.3 Å². The molecule has 0 spiro atoms. The van der Waals surface area contributed by atoms with Crippen LogP contribution < -0.4 is 10.6 Å². The second-order valence-electron chi connectivity index (χ2n) is 7.13. The minimum absolute atomic E-state index is 0.00629. The van der Waals surface area contributed by atoms with E-state index in [1.54, 1.807) is 7.11 Å². The summed E-state index contributed by atoms with van der Waals surface area (Å²) >= 11 is 0. The zero-order valence-electron chi connectivity index (χ0n) is 14.9. The highest BCUT2D eigenvalue weighted by molar-refractivity contribution is 5.93. The summed E-state index contributed by atoms with van der Waals surface area (Å²) in [6, 6.07) is 7.72. The molecular formula is C19H27N3O3. The molecule has 1 saturated carbocycles. The molecule has 3 N–H and O–H groups in total. The van der Waals surface area contributed by atoms with E-state index < -0.39 is 0 Å². The predicted molar refractivity (Wildman–Crippen MR) is 98.8 cm³/mol. The van der Waals surface area contributed by atoms with Crippen LogP contribution >= 0.6 is 0 Å². The number of hydrogen-bond acceptors (Lipinski definition) is 3. The van der Waals surface area contributed by atoms with E-state index in [1.807, 2.05) is 31.3 Å². The number of rotatable bonds is 6. The van der Waals surface area contributed by atoms with Crippen molar-refractivity contribution in [1.29, 1.82) is 0 Å². The standard InChI is InChI=1S/C19H27N3O3/c1-19(13-23)8-3-4-17(19)21-18(24)20-15-6-5-14-7-9-22(10-11-25-2)16(14)12-15/h5-7,9,12,17,23H,3-4,8,10-11,13H2,1-2H3,(H2,20,21,24). The van der Waals surface area contributed by atoms with E-state index in [0.717, 1.165) is 42.4 Å². The molecule has 1 aliphatic rings. The first-order chi connectivity index (χ1) is 12.1. The lowest BCUT2D eigenvalue weighted by atomic mass is 9.86. The van der Waals surface area contributed by atoms with Crippen LogP contribution in [-0.4, -0.2) is 42.1 Å². The number of urea groups is 1. The van der Waals surface area contributed by atoms with E-state index in [9.17, 15) is 9.90 Å². The number of ether oxygens (including phenoxy) is 1. The molecule has 2 amide bonds. The number of benzene rings is 1. The van der Waals surface area contributed by atoms with Crippen molar-refractivity contribution in [3.05, 3.63) is 30.5 Å². The number of methoxy groups -OCH3 is 1. The smallest absolute Gasteiger partial charge is 0.319 e. The van der Waals surface area contributed by atoms with Crippen LogP contribution in [0.3, 0.4) is 0 Å². The van der Waals surface area contributed by atoms with Crippen LogP contribution in [0.5, 0.6) is 0 Å². The summed E-state index contributed by atoms with van der Waals surface area (Å²) in [6.45, 7) is 3.53. The van der Waals surface area contributed by atoms with Gasteiger partial charge in [-0.3, -0.25) is 0 Å². The van der Waals surface area contributed by atoms with Crippen LogP contribution in [0.1, 0.15) is 26.2 Å². The number of anilines is 1. The molecule has 25 heavy (non-hydrogen) atoms. The molecule has 2 unspecified atom stereocenters. The average molecular weight is 345 g/mol. The van der Waals surface area contributed by atoms with E-state index in [0.29, 0.717) is 6.61 Å². The van der Waals surface area contributed by atoms with Gasteiger partial charge in [0.25, 0.3) is 0 Å². The van der Waals surface area contributed by atoms with Gasteiger partial charge < -0.3 is 25.0 Å². The van der Waals surface area contributed by atoms with Crippen molar-refractivity contribution < 1.29 is 14.6 Å². The Bertz CT molecular complexity index is 743. The molecule has 1 aromatic carbocycles. The van der Waals surface area contributed by atoms with Crippen molar-refractivity contribution in [3.63, 3.8) is 0 Å². The molecule has 1 aromatic heterocycles. The zero-order valence-corrected chi connectivity index (χ0v) is 14.9. The van der Waals surface area contributed by atoms with Gasteiger partial charge in [0.1, 0.15) is 0 Å². The third kappa shape index (κ3) is 3.80. The van der Waals surface area contributed by atoms with Gasteiger partial charge >= 0.3 is 6.03 Å². The van der Waals surface area contributed by atoms with Crippen LogP contribution in [0, 0.1) is 5.41 Å². The molecule has 136 valence electrons. The summed E-state index contributed by atoms with van der Waals surface area (Å²) in [7, 11) is 1.69. The molecular weight excluding hydrogens is 318 g/mol. The largest absolute Gasteiger partial charge is 0.396 e. The lowest BCUT2D eigenvalue weighted by molar-refractivity contribution is 0.122. The number of nitrogens with zero attached hydrogens (tertiary/aromatic N) is 1. The summed E-state index contributed by atoms with van der Waals surface area (Å²) < 4.78 is 7.26. The molecule has 0 bridgehead atoms. The lowest BCUT2D eigenvalue weighted by Gasteiger charge is -2.30. The maximum absolute atomic E-state index is 12.4. The van der Waals surface area contributed by atoms with Crippen molar-refractivity contribution >= 4 is 22.6 Å². The number of amides is 2. The van der Waals surface area contributed by atoms with Gasteiger partial charge in [0.15, 0.2) is 0 Å². The van der Waals surface area contributed by atoms with Gasteiger partial charge in [0.05, 0.1) is 18.7 Å². The molecule has 0 saturated heterocycles. The molecule has 3 rings (SSSR count). The van der Waals surface area contributed by atoms with E-state index in [4.69, 9.17) is 4.74 Å². The van der Waals surface area contributed by atoms with Gasteiger partial charge in [-0.2, -0.15) is 0 Å². The van der Waals surface area contributed by atoms with Crippen molar-refractivity contribution in [1.82, 2.24) is 9.88 Å². The molecule has 0 radical (unpaired) electrons. The lowest BCUT2D eigenvalue weighted by Crippen LogP contribution is -2.46. The Labute approximate surface area is 148 Å². The summed E-state index contributed by atoms with van der Waals surface area (Å²) in [5.41, 5.74) is 1.60. The maximum Gasteiger partial charge on any atom is 0.319 e. The Morgan fingerprint density at radius 1 is 1.44 bits per heavy atom. The summed E-state index contributed by atoms with van der Waals surface area (Å²) in [5.74, 6) is 0. The normalized spacial score (nSPS) is 23.1. The number of fused-ring (bicyclic) bond motifs is 1. The first-order valence-corrected chi connectivity index (χ1v) is 8.82. The fraction of sp³-hybridized carbons (Fsp3) is 0.526. The third-order valence-electron chi connectivity index (χ3n) is 5.32. The van der Waals surface area contributed by atoms with Gasteiger partial charge in [-0.25, -0.2) is 4.79 Å². The van der Waals surface area contributed by atoms with Crippen LogP contribution in [0.15, 0.2) is 30.5 Å². The Morgan fingerprint density at radius 2 is 2.28 bits per heavy atom. The van der Waals surface area contributed by atoms with Crippen LogP contribution in [0.25, 0.3) is 10.9 Å². The van der Waals surface area contributed by atoms with Crippen molar-refractivity contribution in [2.45, 2.75) is 38.8 Å². The number of carbonyl (C=O) groups is 1. The van der Waals surface area contributed by atoms with Gasteiger partial charge in [0.2, 0.25) is 0 Å². The third-order valence-corrected chi connectivity index (χ3v) is 5.32. The highest BCUT2D eigenvalue weighted by Gasteiger charge is 2.39. The second kappa shape index (κ2) is 7.45. The molecule has 2 atom stereocenters. The Morgan fingerprint density at radius 3 is 3.04 bits per heavy atom. The van der Waals surface area contributed by atoms with E-state index in [1.165, 1.54) is 0 Å². The number of aromatic nitrogens is 1. The second-order valence-corrected chi connectivity index (χ2v) is 7.13. The van der Waals surface area contributed by atoms with E-state index >= 15 is 0 Å². The number of aliphatic hydroxyl groups is 1. The predicted octanol–water partition coefficient (Wildman–Crippen LogP) is 2.96. The van der Waals surface area contributed by atoms with E-state index in [-0.39, 0.29) is 24.1 Å². The first kappa shape index (κ1) is 17.8. The summed E-state index contributed by atoms with van der Waals surface area (Å²) in [6.07, 6.45) is 4.90. The van der Waals surface area contributed by atoms with Gasteiger partial charge in [0, 0.05) is 37.0 Å². The van der Waals surface area contributed by atoms with Crippen molar-refractivity contribution in [2.75, 3.05) is 25.6 Å². The van der Waals surface area contributed by atoms with Gasteiger partial charge in [-0.05, 0) is 36.4 Å². The summed E-state index contributed by atoms with van der Waals surface area (Å²) in [4.78, 5) is 12.4. The number of carbonyl (C=O) groups excluding carboxylic acids is 1. The van der Waals surface area contributed by atoms with Crippen LogP contribution in [0.2, 0.25) is 0 Å². The zero-order chi connectivity index (χ0) is 17.9. The van der Waals surface area contributed by atoms with Gasteiger partial charge in [-0.1, -0.05) is 19.4 Å². The average Bonchev–Trinajstić information content (AvgIpc) is 3.17. The molecule has 0 aliphatic heterocycles. The quantitative estimate of drug-likeness (QED) is 0.753. The van der Waals surface area contributed by atoms with Crippen LogP contribution in [-0.2, 0) is 11.3 Å². The fourth-order valence-electron chi connectivity index (χ4n) is 3.64. The minimum Gasteiger partial charge on any atom is -0.396 e. The Kier molecular flexibility index (Phi) is 5.30. The van der Waals surface area contributed by atoms with Crippen molar-refractivity contribution in [2.24, 2.45) is 5.41 Å². The molecule has 6 heteroatoms. The molecule has 6 nitrogen and oxygen atoms in total. The minimum atomic E-state index is -0.226. The Balaban J connectivity index is 1.68. The fourth-order valence-corrected chi connectivity index (χ4v) is 3.64. The number of aliphatic hydroxyl groups excluding tert-OH is 1. The number of hydrogen-bond donors (Lipinski definition) is 3. The topological polar surface area (TPSA) is 75.5 Å². The monoisotopic (exact) mass is 345 g/mol. The SMILES string of the molecule is COCCn1ccc2ccc(NC(=O)NC3CCCC3(C)CO)cc21. The molecule has 1 fully saturated rings. The highest BCUT2D eigenvalue weighted by atomic mass is 16.5. The maximum atomic E-state index is 12.4. The van der Waals surface area contributed by atoms with Gasteiger partial charge in [-0.15, -0.1) is 0 Å². The highest BCUT2D eigenvalue weighted by Crippen LogP contribution is 2.37. The molecule has 1 heterocycles. The Hall–Kier alpha value is -2.05. The molecule has 1 aliphatic carbocycles. The number of nitrogens with one attached hydrogen (secondary N) is 2.